The summed E-state index contributed by atoms with van der Waals surface area (Å²) in [5.74, 6) is 0.424. The third kappa shape index (κ3) is 3.88. The zero-order valence-corrected chi connectivity index (χ0v) is 12.5. The maximum absolute atomic E-state index is 12.4. The first-order valence-corrected chi connectivity index (χ1v) is 6.70. The van der Waals surface area contributed by atoms with Crippen molar-refractivity contribution in [2.45, 2.75) is 39.7 Å². The van der Waals surface area contributed by atoms with Crippen molar-refractivity contribution in [2.75, 3.05) is 13.2 Å². The van der Waals surface area contributed by atoms with Gasteiger partial charge in [0.1, 0.15) is 5.82 Å². The highest BCUT2D eigenvalue weighted by atomic mass is 35.5. The lowest BCUT2D eigenvalue weighted by Gasteiger charge is -2.26. The monoisotopic (exact) mass is 285 g/mol. The summed E-state index contributed by atoms with van der Waals surface area (Å²) in [5, 5.41) is 9.27. The van der Waals surface area contributed by atoms with Gasteiger partial charge in [-0.3, -0.25) is 4.79 Å². The maximum Gasteiger partial charge on any atom is 0.274 e. The Morgan fingerprint density at radius 1 is 1.42 bits per heavy atom. The van der Waals surface area contributed by atoms with Crippen LogP contribution < -0.4 is 0 Å². The van der Waals surface area contributed by atoms with E-state index in [-0.39, 0.29) is 41.7 Å². The lowest BCUT2D eigenvalue weighted by molar-refractivity contribution is 0.0659. The summed E-state index contributed by atoms with van der Waals surface area (Å²) in [5.41, 5.74) is 0.197. The number of aliphatic hydroxyl groups excluding tert-OH is 1. The lowest BCUT2D eigenvalue weighted by Crippen LogP contribution is -2.39. The van der Waals surface area contributed by atoms with Gasteiger partial charge >= 0.3 is 0 Å². The van der Waals surface area contributed by atoms with Crippen molar-refractivity contribution < 1.29 is 9.90 Å². The quantitative estimate of drug-likeness (QED) is 0.900. The molecule has 19 heavy (non-hydrogen) atoms. The Morgan fingerprint density at radius 2 is 2.05 bits per heavy atom. The van der Waals surface area contributed by atoms with E-state index in [1.54, 1.807) is 4.90 Å². The van der Waals surface area contributed by atoms with E-state index in [1.807, 2.05) is 27.7 Å². The van der Waals surface area contributed by atoms with Gasteiger partial charge in [0.25, 0.3) is 5.91 Å². The van der Waals surface area contributed by atoms with Gasteiger partial charge in [-0.1, -0.05) is 25.4 Å². The fraction of sp³-hybridized carbons (Fsp3) is 0.615. The van der Waals surface area contributed by atoms with Gasteiger partial charge in [0.15, 0.2) is 5.69 Å². The number of aromatic nitrogens is 2. The van der Waals surface area contributed by atoms with Crippen LogP contribution in [0, 0.1) is 0 Å². The topological polar surface area (TPSA) is 66.3 Å². The second kappa shape index (κ2) is 6.82. The maximum atomic E-state index is 12.4. The Kier molecular flexibility index (Phi) is 5.69. The number of rotatable bonds is 5. The molecule has 106 valence electrons. The number of nitrogens with zero attached hydrogens (tertiary/aromatic N) is 3. The van der Waals surface area contributed by atoms with Crippen LogP contribution in [0.25, 0.3) is 0 Å². The van der Waals surface area contributed by atoms with Crippen LogP contribution in [-0.4, -0.2) is 45.1 Å². The van der Waals surface area contributed by atoms with Crippen LogP contribution in [0.3, 0.4) is 0 Å². The molecule has 0 saturated carbocycles. The highest BCUT2D eigenvalue weighted by Gasteiger charge is 2.23. The molecular formula is C13H20ClN3O2. The van der Waals surface area contributed by atoms with Gasteiger partial charge in [0, 0.05) is 18.5 Å². The minimum absolute atomic E-state index is 0.0341. The number of hydrogen-bond acceptors (Lipinski definition) is 4. The van der Waals surface area contributed by atoms with E-state index in [0.717, 1.165) is 0 Å². The summed E-state index contributed by atoms with van der Waals surface area (Å²) < 4.78 is 0. The lowest BCUT2D eigenvalue weighted by atomic mass is 10.2. The van der Waals surface area contributed by atoms with E-state index >= 15 is 0 Å². The van der Waals surface area contributed by atoms with Gasteiger partial charge in [-0.15, -0.1) is 0 Å². The molecule has 0 spiro atoms. The molecule has 1 N–H and O–H groups in total. The van der Waals surface area contributed by atoms with Crippen molar-refractivity contribution in [3.8, 4) is 0 Å². The van der Waals surface area contributed by atoms with Gasteiger partial charge in [0.05, 0.1) is 17.8 Å². The summed E-state index contributed by atoms with van der Waals surface area (Å²) in [4.78, 5) is 22.3. The van der Waals surface area contributed by atoms with Crippen LogP contribution >= 0.6 is 11.6 Å². The summed E-state index contributed by atoms with van der Waals surface area (Å²) in [7, 11) is 0. The molecule has 0 aliphatic rings. The van der Waals surface area contributed by atoms with Gasteiger partial charge in [-0.05, 0) is 13.8 Å². The van der Waals surface area contributed by atoms with Gasteiger partial charge in [-0.2, -0.15) is 0 Å². The molecule has 0 aliphatic heterocycles. The van der Waals surface area contributed by atoms with E-state index in [9.17, 15) is 4.79 Å². The van der Waals surface area contributed by atoms with Crippen LogP contribution in [0.1, 0.15) is 49.9 Å². The van der Waals surface area contributed by atoms with E-state index in [2.05, 4.69) is 9.97 Å². The largest absolute Gasteiger partial charge is 0.395 e. The molecule has 0 bridgehead atoms. The molecule has 0 aromatic carbocycles. The normalized spacial score (nSPS) is 11.2. The Morgan fingerprint density at radius 3 is 2.53 bits per heavy atom. The standard InChI is InChI=1S/C13H20ClN3O2/c1-8(2)12-15-7-10(14)11(16-12)13(19)17(5-6-18)9(3)4/h7-9,18H,5-6H2,1-4H3. The molecule has 1 aromatic heterocycles. The first-order valence-electron chi connectivity index (χ1n) is 6.32. The highest BCUT2D eigenvalue weighted by molar-refractivity contribution is 6.33. The predicted molar refractivity (Wildman–Crippen MR) is 74.4 cm³/mol. The Balaban J connectivity index is 3.12. The molecule has 0 atom stereocenters. The molecular weight excluding hydrogens is 266 g/mol. The third-order valence-corrected chi connectivity index (χ3v) is 2.98. The zero-order chi connectivity index (χ0) is 14.6. The molecule has 6 heteroatoms. The Bertz CT molecular complexity index is 450. The molecule has 0 saturated heterocycles. The molecule has 5 nitrogen and oxygen atoms in total. The molecule has 0 fully saturated rings. The summed E-state index contributed by atoms with van der Waals surface area (Å²) in [6, 6.07) is -0.0341. The first-order chi connectivity index (χ1) is 8.88. The minimum Gasteiger partial charge on any atom is -0.395 e. The van der Waals surface area contributed by atoms with Crippen LogP contribution in [0.5, 0.6) is 0 Å². The van der Waals surface area contributed by atoms with E-state index < -0.39 is 0 Å². The van der Waals surface area contributed by atoms with Crippen LogP contribution in [0.4, 0.5) is 0 Å². The average Bonchev–Trinajstić information content (AvgIpc) is 2.35. The van der Waals surface area contributed by atoms with E-state index in [4.69, 9.17) is 16.7 Å². The second-order valence-corrected chi connectivity index (χ2v) is 5.30. The molecule has 1 amide bonds. The fourth-order valence-corrected chi connectivity index (χ4v) is 1.82. The molecule has 0 radical (unpaired) electrons. The van der Waals surface area contributed by atoms with Gasteiger partial charge in [0.2, 0.25) is 0 Å². The Hall–Kier alpha value is -1.20. The fourth-order valence-electron chi connectivity index (χ4n) is 1.65. The van der Waals surface area contributed by atoms with Crippen molar-refractivity contribution in [2.24, 2.45) is 0 Å². The van der Waals surface area contributed by atoms with Crippen molar-refractivity contribution in [3.05, 3.63) is 22.7 Å². The van der Waals surface area contributed by atoms with Crippen molar-refractivity contribution in [1.82, 2.24) is 14.9 Å². The van der Waals surface area contributed by atoms with Crippen molar-refractivity contribution >= 4 is 17.5 Å². The highest BCUT2D eigenvalue weighted by Crippen LogP contribution is 2.18. The number of carbonyl (C=O) groups excluding carboxylic acids is 1. The second-order valence-electron chi connectivity index (χ2n) is 4.90. The number of aliphatic hydroxyl groups is 1. The zero-order valence-electron chi connectivity index (χ0n) is 11.7. The molecule has 1 heterocycles. The van der Waals surface area contributed by atoms with Crippen LogP contribution in [-0.2, 0) is 0 Å². The minimum atomic E-state index is -0.279. The number of halogens is 1. The van der Waals surface area contributed by atoms with Crippen molar-refractivity contribution in [1.29, 1.82) is 0 Å². The van der Waals surface area contributed by atoms with E-state index in [1.165, 1.54) is 6.20 Å². The molecule has 0 aliphatic carbocycles. The Labute approximate surface area is 118 Å². The summed E-state index contributed by atoms with van der Waals surface area (Å²) in [6.45, 7) is 7.83. The smallest absolute Gasteiger partial charge is 0.274 e. The predicted octanol–water partition coefficient (Wildman–Crippen LogP) is 2.10. The number of hydrogen-bond donors (Lipinski definition) is 1. The molecule has 0 unspecified atom stereocenters. The summed E-state index contributed by atoms with van der Waals surface area (Å²) in [6.07, 6.45) is 1.45. The number of carbonyl (C=O) groups is 1. The number of amides is 1. The van der Waals surface area contributed by atoms with Crippen molar-refractivity contribution in [3.63, 3.8) is 0 Å². The van der Waals surface area contributed by atoms with Gasteiger partial charge < -0.3 is 10.0 Å². The molecule has 1 rings (SSSR count). The summed E-state index contributed by atoms with van der Waals surface area (Å²) >= 11 is 6.01. The van der Waals surface area contributed by atoms with E-state index in [0.29, 0.717) is 5.82 Å². The van der Waals surface area contributed by atoms with Gasteiger partial charge in [-0.25, -0.2) is 9.97 Å². The van der Waals surface area contributed by atoms with Crippen LogP contribution in [0.15, 0.2) is 6.20 Å². The first kappa shape index (κ1) is 15.9. The SMILES string of the molecule is CC(C)c1ncc(Cl)c(C(=O)N(CCO)C(C)C)n1. The molecule has 1 aromatic rings. The average molecular weight is 286 g/mol. The van der Waals surface area contributed by atoms with Crippen LogP contribution in [0.2, 0.25) is 5.02 Å². The third-order valence-electron chi connectivity index (χ3n) is 2.71.